The van der Waals surface area contributed by atoms with Crippen molar-refractivity contribution in [1.29, 1.82) is 0 Å². The van der Waals surface area contributed by atoms with Crippen LogP contribution in [0.15, 0.2) is 24.3 Å². The number of nitrogens with one attached hydrogen (secondary N) is 2. The minimum Gasteiger partial charge on any atom is -0.550 e. The summed E-state index contributed by atoms with van der Waals surface area (Å²) in [5, 5.41) is 13.5. The van der Waals surface area contributed by atoms with Gasteiger partial charge in [-0.3, -0.25) is 9.59 Å². The zero-order valence-corrected chi connectivity index (χ0v) is 12.1. The molecule has 2 amide bonds. The molecule has 1 aromatic carbocycles. The van der Waals surface area contributed by atoms with Crippen molar-refractivity contribution in [1.82, 2.24) is 0 Å². The van der Waals surface area contributed by atoms with Gasteiger partial charge in [0.05, 0.1) is 24.3 Å². The average molecular weight is 305 g/mol. The van der Waals surface area contributed by atoms with Gasteiger partial charge in [0.25, 0.3) is 11.8 Å². The lowest BCUT2D eigenvalue weighted by Gasteiger charge is -2.29. The van der Waals surface area contributed by atoms with E-state index < -0.39 is 17.8 Å². The van der Waals surface area contributed by atoms with Crippen LogP contribution in [0, 0.1) is 5.92 Å². The molecule has 1 aromatic rings. The van der Waals surface area contributed by atoms with Gasteiger partial charge in [0, 0.05) is 24.7 Å². The first kappa shape index (κ1) is 16.0. The van der Waals surface area contributed by atoms with E-state index in [4.69, 9.17) is 5.73 Å². The summed E-state index contributed by atoms with van der Waals surface area (Å²) in [6, 6.07) is 6.55. The number of primary amides is 1. The monoisotopic (exact) mass is 305 g/mol. The largest absolute Gasteiger partial charge is 0.550 e. The van der Waals surface area contributed by atoms with Crippen LogP contribution in [-0.4, -0.2) is 37.4 Å². The van der Waals surface area contributed by atoms with Crippen molar-refractivity contribution in [2.45, 2.75) is 12.8 Å². The van der Waals surface area contributed by atoms with Crippen molar-refractivity contribution >= 4 is 23.5 Å². The van der Waals surface area contributed by atoms with Crippen molar-refractivity contribution in [2.24, 2.45) is 11.7 Å². The summed E-state index contributed by atoms with van der Waals surface area (Å²) in [6.07, 6.45) is 1.03. The van der Waals surface area contributed by atoms with Crippen molar-refractivity contribution < 1.29 is 24.4 Å². The summed E-state index contributed by atoms with van der Waals surface area (Å²) >= 11 is 0. The number of aliphatic carboxylic acids is 1. The van der Waals surface area contributed by atoms with Gasteiger partial charge in [-0.1, -0.05) is 12.1 Å². The van der Waals surface area contributed by atoms with Gasteiger partial charge >= 0.3 is 0 Å². The van der Waals surface area contributed by atoms with Gasteiger partial charge in [-0.15, -0.1) is 0 Å². The Bertz CT molecular complexity index is 580. The van der Waals surface area contributed by atoms with E-state index >= 15 is 0 Å². The minimum absolute atomic E-state index is 0.226. The summed E-state index contributed by atoms with van der Waals surface area (Å²) in [5.41, 5.74) is 5.92. The van der Waals surface area contributed by atoms with Crippen LogP contribution in [0.25, 0.3) is 0 Å². The number of benzene rings is 1. The zero-order chi connectivity index (χ0) is 16.1. The molecular formula is C15H19N3O4. The van der Waals surface area contributed by atoms with E-state index in [1.807, 2.05) is 0 Å². The number of hydrogen-bond donors (Lipinski definition) is 3. The molecule has 1 fully saturated rings. The molecule has 7 nitrogen and oxygen atoms in total. The van der Waals surface area contributed by atoms with Crippen LogP contribution in [0.3, 0.4) is 0 Å². The van der Waals surface area contributed by atoms with Crippen LogP contribution in [0.1, 0.15) is 23.2 Å². The van der Waals surface area contributed by atoms with Crippen LogP contribution in [0.4, 0.5) is 5.69 Å². The molecule has 7 heteroatoms. The predicted molar refractivity (Wildman–Crippen MR) is 76.9 cm³/mol. The Morgan fingerprint density at radius 3 is 2.45 bits per heavy atom. The highest BCUT2D eigenvalue weighted by Crippen LogP contribution is 2.13. The van der Waals surface area contributed by atoms with Gasteiger partial charge in [0.2, 0.25) is 0 Å². The number of rotatable bonds is 5. The number of amides is 2. The van der Waals surface area contributed by atoms with E-state index in [0.29, 0.717) is 31.6 Å². The second-order valence-corrected chi connectivity index (χ2v) is 5.48. The molecule has 0 unspecified atom stereocenters. The molecule has 0 aliphatic carbocycles. The SMILES string of the molecule is NC(=O)c1ccccc1NC(=O)C[NH+]1CCC(C(=O)[O-])CC1. The molecule has 0 atom stereocenters. The molecule has 22 heavy (non-hydrogen) atoms. The number of carboxylic acids is 1. The molecule has 0 spiro atoms. The quantitative estimate of drug-likeness (QED) is 0.570. The minimum atomic E-state index is -1.01. The van der Waals surface area contributed by atoms with Crippen LogP contribution >= 0.6 is 0 Å². The Morgan fingerprint density at radius 1 is 1.23 bits per heavy atom. The lowest BCUT2D eigenvalue weighted by molar-refractivity contribution is -0.897. The summed E-state index contributed by atoms with van der Waals surface area (Å²) in [4.78, 5) is 35.2. The molecule has 0 radical (unpaired) electrons. The fourth-order valence-corrected chi connectivity index (χ4v) is 2.67. The number of likely N-dealkylation sites (tertiary alicyclic amines) is 1. The topological polar surface area (TPSA) is 117 Å². The lowest BCUT2D eigenvalue weighted by Crippen LogP contribution is -3.14. The van der Waals surface area contributed by atoms with Gasteiger partial charge in [-0.25, -0.2) is 0 Å². The number of anilines is 1. The van der Waals surface area contributed by atoms with Gasteiger partial charge in [-0.05, 0) is 12.1 Å². The van der Waals surface area contributed by atoms with Gasteiger partial charge in [-0.2, -0.15) is 0 Å². The van der Waals surface area contributed by atoms with Crippen LogP contribution in [0.5, 0.6) is 0 Å². The maximum Gasteiger partial charge on any atom is 0.279 e. The Labute approximate surface area is 128 Å². The van der Waals surface area contributed by atoms with Crippen molar-refractivity contribution in [3.8, 4) is 0 Å². The highest BCUT2D eigenvalue weighted by Gasteiger charge is 2.24. The molecule has 1 saturated heterocycles. The van der Waals surface area contributed by atoms with E-state index in [9.17, 15) is 19.5 Å². The third-order valence-corrected chi connectivity index (χ3v) is 3.90. The molecule has 2 rings (SSSR count). The summed E-state index contributed by atoms with van der Waals surface area (Å²) < 4.78 is 0. The smallest absolute Gasteiger partial charge is 0.279 e. The summed E-state index contributed by atoms with van der Waals surface area (Å²) in [5.74, 6) is -2.25. The van der Waals surface area contributed by atoms with Gasteiger partial charge in [0.1, 0.15) is 0 Å². The summed E-state index contributed by atoms with van der Waals surface area (Å²) in [6.45, 7) is 1.46. The van der Waals surface area contributed by atoms with Crippen molar-refractivity contribution in [3.05, 3.63) is 29.8 Å². The predicted octanol–water partition coefficient (Wildman–Crippen LogP) is -2.23. The molecule has 0 bridgehead atoms. The van der Waals surface area contributed by atoms with Gasteiger partial charge < -0.3 is 25.9 Å². The number of hydrogen-bond acceptors (Lipinski definition) is 4. The second kappa shape index (κ2) is 7.04. The molecule has 1 aliphatic heterocycles. The first-order valence-corrected chi connectivity index (χ1v) is 7.20. The fourth-order valence-electron chi connectivity index (χ4n) is 2.67. The van der Waals surface area contributed by atoms with Crippen LogP contribution < -0.4 is 21.1 Å². The molecule has 4 N–H and O–H groups in total. The van der Waals surface area contributed by atoms with Crippen molar-refractivity contribution in [3.63, 3.8) is 0 Å². The molecule has 1 heterocycles. The van der Waals surface area contributed by atoms with Crippen LogP contribution in [0.2, 0.25) is 0 Å². The lowest BCUT2D eigenvalue weighted by atomic mass is 9.97. The number of nitrogens with two attached hydrogens (primary N) is 1. The highest BCUT2D eigenvalue weighted by atomic mass is 16.4. The van der Waals surface area contributed by atoms with E-state index in [-0.39, 0.29) is 18.0 Å². The Kier molecular flexibility index (Phi) is 5.11. The third kappa shape index (κ3) is 4.05. The van der Waals surface area contributed by atoms with E-state index in [1.54, 1.807) is 24.3 Å². The normalized spacial score (nSPS) is 21.1. The summed E-state index contributed by atoms with van der Waals surface area (Å²) in [7, 11) is 0. The molecular weight excluding hydrogens is 286 g/mol. The number of quaternary nitrogens is 1. The maximum absolute atomic E-state index is 12.1. The molecule has 118 valence electrons. The first-order valence-electron chi connectivity index (χ1n) is 7.20. The Hall–Kier alpha value is -2.41. The van der Waals surface area contributed by atoms with Crippen molar-refractivity contribution in [2.75, 3.05) is 25.0 Å². The van der Waals surface area contributed by atoms with Gasteiger partial charge in [0.15, 0.2) is 6.54 Å². The maximum atomic E-state index is 12.1. The number of carbonyl (C=O) groups excluding carboxylic acids is 3. The van der Waals surface area contributed by atoms with E-state index in [1.165, 1.54) is 0 Å². The first-order chi connectivity index (χ1) is 10.5. The average Bonchev–Trinajstić information content (AvgIpc) is 2.48. The van der Waals surface area contributed by atoms with E-state index in [0.717, 1.165) is 4.90 Å². The molecule has 1 aliphatic rings. The Morgan fingerprint density at radius 2 is 1.86 bits per heavy atom. The van der Waals surface area contributed by atoms with Crippen LogP contribution in [-0.2, 0) is 9.59 Å². The standard InChI is InChI=1S/C15H19N3O4/c16-14(20)11-3-1-2-4-12(11)17-13(19)9-18-7-5-10(6-8-18)15(21)22/h1-4,10H,5-9H2,(H2,16,20)(H,17,19)(H,21,22). The molecule has 0 aromatic heterocycles. The fraction of sp³-hybridized carbons (Fsp3) is 0.400. The molecule has 0 saturated carbocycles. The number of carbonyl (C=O) groups is 3. The number of piperidine rings is 1. The Balaban J connectivity index is 1.89. The number of carboxylic acid groups (broad SMARTS) is 1. The second-order valence-electron chi connectivity index (χ2n) is 5.48. The number of para-hydroxylation sites is 1. The zero-order valence-electron chi connectivity index (χ0n) is 12.1. The van der Waals surface area contributed by atoms with E-state index in [2.05, 4.69) is 5.32 Å². The third-order valence-electron chi connectivity index (χ3n) is 3.90. The highest BCUT2D eigenvalue weighted by molar-refractivity contribution is 6.03.